The summed E-state index contributed by atoms with van der Waals surface area (Å²) in [5.41, 5.74) is 0.135. The third kappa shape index (κ3) is 4.22. The predicted molar refractivity (Wildman–Crippen MR) is 79.0 cm³/mol. The summed E-state index contributed by atoms with van der Waals surface area (Å²) < 4.78 is 38.3. The highest BCUT2D eigenvalue weighted by Crippen LogP contribution is 2.32. The highest BCUT2D eigenvalue weighted by Gasteiger charge is 2.31. The van der Waals surface area contributed by atoms with Gasteiger partial charge in [0.1, 0.15) is 0 Å². The van der Waals surface area contributed by atoms with E-state index in [9.17, 15) is 13.2 Å². The van der Waals surface area contributed by atoms with Gasteiger partial charge in [-0.15, -0.1) is 0 Å². The van der Waals surface area contributed by atoms with Crippen molar-refractivity contribution in [3.05, 3.63) is 35.4 Å². The van der Waals surface area contributed by atoms with Gasteiger partial charge in [-0.2, -0.15) is 13.2 Å². The third-order valence-electron chi connectivity index (χ3n) is 4.80. The van der Waals surface area contributed by atoms with Gasteiger partial charge in [-0.1, -0.05) is 26.0 Å². The van der Waals surface area contributed by atoms with Crippen LogP contribution in [0.25, 0.3) is 0 Å². The lowest BCUT2D eigenvalue weighted by Gasteiger charge is -2.34. The van der Waals surface area contributed by atoms with E-state index in [4.69, 9.17) is 0 Å². The molecule has 0 radical (unpaired) electrons. The molecule has 118 valence electrons. The molecule has 1 nitrogen and oxygen atoms in total. The van der Waals surface area contributed by atoms with Crippen LogP contribution in [0.5, 0.6) is 0 Å². The third-order valence-corrected chi connectivity index (χ3v) is 4.80. The van der Waals surface area contributed by atoms with Crippen molar-refractivity contribution in [3.63, 3.8) is 0 Å². The topological polar surface area (TPSA) is 12.0 Å². The fourth-order valence-corrected chi connectivity index (χ4v) is 3.13. The summed E-state index contributed by atoms with van der Waals surface area (Å²) in [5, 5.41) is 3.50. The van der Waals surface area contributed by atoms with E-state index in [1.165, 1.54) is 18.6 Å². The summed E-state index contributed by atoms with van der Waals surface area (Å²) in [7, 11) is 0. The van der Waals surface area contributed by atoms with Crippen molar-refractivity contribution >= 4 is 0 Å². The number of rotatable bonds is 3. The molecule has 0 heterocycles. The molecule has 1 aromatic carbocycles. The molecule has 4 atom stereocenters. The van der Waals surface area contributed by atoms with Crippen LogP contribution in [0.3, 0.4) is 0 Å². The van der Waals surface area contributed by atoms with Gasteiger partial charge >= 0.3 is 6.18 Å². The van der Waals surface area contributed by atoms with E-state index in [0.717, 1.165) is 24.8 Å². The van der Waals surface area contributed by atoms with Crippen molar-refractivity contribution in [2.45, 2.75) is 58.3 Å². The normalized spacial score (nSPS) is 28.4. The molecule has 21 heavy (non-hydrogen) atoms. The molecule has 0 aliphatic heterocycles. The SMILES string of the molecule is CC(NC1CCC(C)C(C)C1)c1cccc(C(F)(F)F)c1. The van der Waals surface area contributed by atoms with Gasteiger partial charge in [-0.25, -0.2) is 0 Å². The molecule has 0 bridgehead atoms. The second-order valence-corrected chi connectivity index (χ2v) is 6.48. The molecule has 4 unspecified atom stereocenters. The van der Waals surface area contributed by atoms with E-state index >= 15 is 0 Å². The Morgan fingerprint density at radius 1 is 1.14 bits per heavy atom. The molecular formula is C17H24F3N. The minimum Gasteiger partial charge on any atom is -0.307 e. The number of benzene rings is 1. The van der Waals surface area contributed by atoms with Crippen molar-refractivity contribution in [1.29, 1.82) is 0 Å². The first kappa shape index (κ1) is 16.3. The van der Waals surface area contributed by atoms with E-state index in [-0.39, 0.29) is 6.04 Å². The maximum Gasteiger partial charge on any atom is 0.416 e. The van der Waals surface area contributed by atoms with E-state index < -0.39 is 11.7 Å². The number of hydrogen-bond donors (Lipinski definition) is 1. The largest absolute Gasteiger partial charge is 0.416 e. The Balaban J connectivity index is 2.02. The molecule has 0 amide bonds. The average Bonchev–Trinajstić information content (AvgIpc) is 2.42. The molecule has 1 aliphatic carbocycles. The lowest BCUT2D eigenvalue weighted by atomic mass is 9.79. The zero-order valence-electron chi connectivity index (χ0n) is 12.9. The van der Waals surface area contributed by atoms with Crippen LogP contribution in [0.1, 0.15) is 57.2 Å². The van der Waals surface area contributed by atoms with E-state index in [2.05, 4.69) is 19.2 Å². The molecule has 0 aromatic heterocycles. The van der Waals surface area contributed by atoms with Gasteiger partial charge in [0.05, 0.1) is 5.56 Å². The van der Waals surface area contributed by atoms with Crippen molar-refractivity contribution in [2.75, 3.05) is 0 Å². The van der Waals surface area contributed by atoms with Gasteiger partial charge in [0.2, 0.25) is 0 Å². The van der Waals surface area contributed by atoms with Crippen LogP contribution in [0.15, 0.2) is 24.3 Å². The molecule has 1 saturated carbocycles. The minimum absolute atomic E-state index is 0.0575. The van der Waals surface area contributed by atoms with Crippen LogP contribution in [-0.2, 0) is 6.18 Å². The Bertz CT molecular complexity index is 469. The molecule has 1 N–H and O–H groups in total. The van der Waals surface area contributed by atoms with Gasteiger partial charge < -0.3 is 5.32 Å². The first-order valence-corrected chi connectivity index (χ1v) is 7.70. The second-order valence-electron chi connectivity index (χ2n) is 6.48. The lowest BCUT2D eigenvalue weighted by Crippen LogP contribution is -2.37. The molecule has 1 aromatic rings. The van der Waals surface area contributed by atoms with Crippen LogP contribution < -0.4 is 5.32 Å². The summed E-state index contributed by atoms with van der Waals surface area (Å²) in [4.78, 5) is 0. The summed E-state index contributed by atoms with van der Waals surface area (Å²) in [6.07, 6.45) is -0.877. The number of halogens is 3. The molecule has 0 saturated heterocycles. The highest BCUT2D eigenvalue weighted by atomic mass is 19.4. The zero-order chi connectivity index (χ0) is 15.6. The standard InChI is InChI=1S/C17H24F3N/c1-11-7-8-16(9-12(11)2)21-13(3)14-5-4-6-15(10-14)17(18,19)20/h4-6,10-13,16,21H,7-9H2,1-3H3. The Morgan fingerprint density at radius 3 is 2.48 bits per heavy atom. The number of alkyl halides is 3. The van der Waals surface area contributed by atoms with Crippen LogP contribution in [0.2, 0.25) is 0 Å². The number of nitrogens with one attached hydrogen (secondary N) is 1. The highest BCUT2D eigenvalue weighted by molar-refractivity contribution is 5.27. The molecule has 0 spiro atoms. The summed E-state index contributed by atoms with van der Waals surface area (Å²) in [5.74, 6) is 1.41. The minimum atomic E-state index is -4.27. The van der Waals surface area contributed by atoms with Gasteiger partial charge in [-0.05, 0) is 55.7 Å². The fourth-order valence-electron chi connectivity index (χ4n) is 3.13. The Kier molecular flexibility index (Phi) is 4.97. The summed E-state index contributed by atoms with van der Waals surface area (Å²) in [6, 6.07) is 5.98. The lowest BCUT2D eigenvalue weighted by molar-refractivity contribution is -0.137. The van der Waals surface area contributed by atoms with E-state index in [1.54, 1.807) is 6.07 Å². The first-order valence-electron chi connectivity index (χ1n) is 7.70. The van der Waals surface area contributed by atoms with E-state index in [0.29, 0.717) is 17.5 Å². The maximum atomic E-state index is 12.8. The van der Waals surface area contributed by atoms with Gasteiger partial charge in [0.25, 0.3) is 0 Å². The fraction of sp³-hybridized carbons (Fsp3) is 0.647. The molecular weight excluding hydrogens is 275 g/mol. The summed E-state index contributed by atoms with van der Waals surface area (Å²) in [6.45, 7) is 6.47. The first-order chi connectivity index (χ1) is 9.77. The van der Waals surface area contributed by atoms with Gasteiger partial charge in [-0.3, -0.25) is 0 Å². The van der Waals surface area contributed by atoms with Gasteiger partial charge in [0.15, 0.2) is 0 Å². The smallest absolute Gasteiger partial charge is 0.307 e. The van der Waals surface area contributed by atoms with Crippen molar-refractivity contribution in [1.82, 2.24) is 5.32 Å². The van der Waals surface area contributed by atoms with Crippen LogP contribution in [0.4, 0.5) is 13.2 Å². The van der Waals surface area contributed by atoms with Crippen LogP contribution in [-0.4, -0.2) is 6.04 Å². The Labute approximate surface area is 124 Å². The van der Waals surface area contributed by atoms with Crippen molar-refractivity contribution in [2.24, 2.45) is 11.8 Å². The molecule has 1 aliphatic rings. The Morgan fingerprint density at radius 2 is 1.86 bits per heavy atom. The zero-order valence-corrected chi connectivity index (χ0v) is 12.9. The van der Waals surface area contributed by atoms with Crippen molar-refractivity contribution < 1.29 is 13.2 Å². The molecule has 1 fully saturated rings. The predicted octanol–water partition coefficient (Wildman–Crippen LogP) is 5.18. The van der Waals surface area contributed by atoms with Crippen LogP contribution in [0, 0.1) is 11.8 Å². The molecule has 2 rings (SSSR count). The van der Waals surface area contributed by atoms with Gasteiger partial charge in [0, 0.05) is 12.1 Å². The second kappa shape index (κ2) is 6.39. The quantitative estimate of drug-likeness (QED) is 0.811. The average molecular weight is 299 g/mol. The summed E-state index contributed by atoms with van der Waals surface area (Å²) >= 11 is 0. The van der Waals surface area contributed by atoms with Crippen molar-refractivity contribution in [3.8, 4) is 0 Å². The molecule has 4 heteroatoms. The Hall–Kier alpha value is -1.03. The maximum absolute atomic E-state index is 12.8. The monoisotopic (exact) mass is 299 g/mol. The number of hydrogen-bond acceptors (Lipinski definition) is 1. The van der Waals surface area contributed by atoms with Crippen LogP contribution >= 0.6 is 0 Å². The van der Waals surface area contributed by atoms with E-state index in [1.807, 2.05) is 6.92 Å².